The summed E-state index contributed by atoms with van der Waals surface area (Å²) in [5.41, 5.74) is 0. The Kier molecular flexibility index (Phi) is 6.26. The number of rotatable bonds is 9. The molecule has 2 atom stereocenters. The highest BCUT2D eigenvalue weighted by Gasteiger charge is 2.37. The van der Waals surface area contributed by atoms with Crippen LogP contribution in [0.2, 0.25) is 0 Å². The Morgan fingerprint density at radius 3 is 2.95 bits per heavy atom. The van der Waals surface area contributed by atoms with E-state index in [0.717, 1.165) is 12.8 Å². The minimum atomic E-state index is -0.454. The lowest BCUT2D eigenvalue weighted by atomic mass is 9.96. The van der Waals surface area contributed by atoms with Gasteiger partial charge in [0.1, 0.15) is 6.61 Å². The van der Waals surface area contributed by atoms with Gasteiger partial charge in [-0.25, -0.2) is 4.79 Å². The number of carbonyl (C=O) groups is 1. The number of hydrogen-bond donors (Lipinski definition) is 1. The van der Waals surface area contributed by atoms with Gasteiger partial charge in [-0.05, 0) is 43.6 Å². The van der Waals surface area contributed by atoms with Crippen molar-refractivity contribution >= 4 is 5.97 Å². The van der Waals surface area contributed by atoms with E-state index in [4.69, 9.17) is 19.3 Å². The molecule has 1 N–H and O–H groups in total. The predicted molar refractivity (Wildman–Crippen MR) is 77.2 cm³/mol. The highest BCUT2D eigenvalue weighted by atomic mass is 16.7. The Morgan fingerprint density at radius 1 is 1.48 bits per heavy atom. The van der Waals surface area contributed by atoms with Gasteiger partial charge in [-0.2, -0.15) is 0 Å². The van der Waals surface area contributed by atoms with Crippen LogP contribution in [0.1, 0.15) is 32.1 Å². The van der Waals surface area contributed by atoms with E-state index >= 15 is 0 Å². The van der Waals surface area contributed by atoms with Gasteiger partial charge in [0.15, 0.2) is 0 Å². The first kappa shape index (κ1) is 16.0. The Hall–Kier alpha value is -1.33. The fourth-order valence-corrected chi connectivity index (χ4v) is 2.42. The minimum absolute atomic E-state index is 0.165. The fourth-order valence-electron chi connectivity index (χ4n) is 2.42. The fraction of sp³-hybridized carbons (Fsp3) is 0.688. The van der Waals surface area contributed by atoms with E-state index in [0.29, 0.717) is 24.9 Å². The third-order valence-electron chi connectivity index (χ3n) is 3.71. The largest absolute Gasteiger partial charge is 0.458 e. The van der Waals surface area contributed by atoms with E-state index in [1.165, 1.54) is 18.9 Å². The molecule has 5 heteroatoms. The maximum absolute atomic E-state index is 11.9. The Bertz CT molecular complexity index is 386. The van der Waals surface area contributed by atoms with E-state index in [-0.39, 0.29) is 19.0 Å². The number of carbonyl (C=O) groups excluding carboxylic acids is 1. The molecule has 1 aliphatic heterocycles. The molecule has 2 aliphatic rings. The predicted octanol–water partition coefficient (Wildman–Crippen LogP) is 2.16. The molecule has 0 radical (unpaired) electrons. The average molecular weight is 296 g/mol. The lowest BCUT2D eigenvalue weighted by molar-refractivity contribution is -0.163. The second-order valence-electron chi connectivity index (χ2n) is 5.50. The van der Waals surface area contributed by atoms with Crippen LogP contribution in [-0.2, 0) is 19.0 Å². The maximum Gasteiger partial charge on any atom is 0.373 e. The second kappa shape index (κ2) is 8.20. The van der Waals surface area contributed by atoms with Crippen LogP contribution in [0.3, 0.4) is 0 Å². The van der Waals surface area contributed by atoms with Crippen LogP contribution in [0.5, 0.6) is 0 Å². The summed E-state index contributed by atoms with van der Waals surface area (Å²) in [4.78, 5) is 11.9. The van der Waals surface area contributed by atoms with Crippen molar-refractivity contribution in [2.75, 3.05) is 19.8 Å². The van der Waals surface area contributed by atoms with E-state index in [9.17, 15) is 4.79 Å². The van der Waals surface area contributed by atoms with Crippen LogP contribution in [-0.4, -0.2) is 37.2 Å². The van der Waals surface area contributed by atoms with Crippen molar-refractivity contribution in [3.8, 4) is 0 Å². The smallest absolute Gasteiger partial charge is 0.373 e. The maximum atomic E-state index is 11.9. The van der Waals surface area contributed by atoms with Crippen LogP contribution >= 0.6 is 0 Å². The summed E-state index contributed by atoms with van der Waals surface area (Å²) in [6.45, 7) is 4.39. The summed E-state index contributed by atoms with van der Waals surface area (Å²) in [5, 5.41) is 8.76. The van der Waals surface area contributed by atoms with Gasteiger partial charge in [0.05, 0.1) is 6.61 Å². The van der Waals surface area contributed by atoms with E-state index in [2.05, 4.69) is 6.58 Å². The van der Waals surface area contributed by atoms with E-state index in [1.807, 2.05) is 6.08 Å². The van der Waals surface area contributed by atoms with E-state index < -0.39 is 12.3 Å². The molecule has 2 rings (SSSR count). The zero-order valence-electron chi connectivity index (χ0n) is 12.3. The topological polar surface area (TPSA) is 65.0 Å². The molecule has 0 aromatic carbocycles. The van der Waals surface area contributed by atoms with Gasteiger partial charge in [-0.15, -0.1) is 0 Å². The third kappa shape index (κ3) is 5.17. The van der Waals surface area contributed by atoms with Gasteiger partial charge in [0.25, 0.3) is 0 Å². The highest BCUT2D eigenvalue weighted by molar-refractivity contribution is 5.86. The third-order valence-corrected chi connectivity index (χ3v) is 3.71. The summed E-state index contributed by atoms with van der Waals surface area (Å²) in [5.74, 6) is 0.767. The SMILES string of the molecule is C=CCOC(=O)C1=C[C@H](C2CC2)C[C@H](OCCCCO)O1. The molecule has 1 heterocycles. The Balaban J connectivity index is 1.88. The van der Waals surface area contributed by atoms with Crippen LogP contribution < -0.4 is 0 Å². The molecule has 0 bridgehead atoms. The lowest BCUT2D eigenvalue weighted by Crippen LogP contribution is -2.29. The van der Waals surface area contributed by atoms with Crippen molar-refractivity contribution in [1.29, 1.82) is 0 Å². The molecule has 118 valence electrons. The van der Waals surface area contributed by atoms with Crippen LogP contribution in [0, 0.1) is 11.8 Å². The molecule has 0 aromatic rings. The highest BCUT2D eigenvalue weighted by Crippen LogP contribution is 2.42. The average Bonchev–Trinajstić information content (AvgIpc) is 3.33. The van der Waals surface area contributed by atoms with Gasteiger partial charge in [0.2, 0.25) is 12.0 Å². The molecule has 0 amide bonds. The summed E-state index contributed by atoms with van der Waals surface area (Å²) in [7, 11) is 0. The number of esters is 1. The lowest BCUT2D eigenvalue weighted by Gasteiger charge is -2.28. The van der Waals surface area contributed by atoms with Gasteiger partial charge in [-0.3, -0.25) is 0 Å². The number of aliphatic hydroxyl groups excluding tert-OH is 1. The molecule has 0 aromatic heterocycles. The van der Waals surface area contributed by atoms with Crippen molar-refractivity contribution in [3.63, 3.8) is 0 Å². The zero-order chi connectivity index (χ0) is 15.1. The Morgan fingerprint density at radius 2 is 2.29 bits per heavy atom. The number of hydrogen-bond acceptors (Lipinski definition) is 5. The van der Waals surface area contributed by atoms with Gasteiger partial charge in [0, 0.05) is 13.0 Å². The van der Waals surface area contributed by atoms with Crippen molar-refractivity contribution in [3.05, 3.63) is 24.5 Å². The molecule has 0 spiro atoms. The molecule has 0 unspecified atom stereocenters. The molecule has 1 saturated carbocycles. The van der Waals surface area contributed by atoms with Gasteiger partial charge < -0.3 is 19.3 Å². The number of unbranched alkanes of at least 4 members (excludes halogenated alkanes) is 1. The van der Waals surface area contributed by atoms with Crippen LogP contribution in [0.25, 0.3) is 0 Å². The molecule has 1 aliphatic carbocycles. The summed E-state index contributed by atoms with van der Waals surface area (Å²) in [6.07, 6.45) is 7.69. The molecule has 1 fully saturated rings. The summed E-state index contributed by atoms with van der Waals surface area (Å²) in [6, 6.07) is 0. The molecule has 21 heavy (non-hydrogen) atoms. The number of allylic oxidation sites excluding steroid dienone is 1. The van der Waals surface area contributed by atoms with E-state index in [1.54, 1.807) is 0 Å². The van der Waals surface area contributed by atoms with Crippen molar-refractivity contribution in [1.82, 2.24) is 0 Å². The van der Waals surface area contributed by atoms with Gasteiger partial charge >= 0.3 is 5.97 Å². The first-order valence-electron chi connectivity index (χ1n) is 7.63. The van der Waals surface area contributed by atoms with Crippen molar-refractivity contribution in [2.45, 2.75) is 38.4 Å². The standard InChI is InChI=1S/C16H24O5/c1-2-8-20-16(18)14-10-13(12-5-6-12)11-15(21-14)19-9-4-3-7-17/h2,10,12-13,15,17H,1,3-9,11H2/t13-,15+/m0/s1. The second-order valence-corrected chi connectivity index (χ2v) is 5.50. The first-order valence-corrected chi connectivity index (χ1v) is 7.63. The zero-order valence-corrected chi connectivity index (χ0v) is 12.3. The number of ether oxygens (including phenoxy) is 3. The Labute approximate surface area is 125 Å². The van der Waals surface area contributed by atoms with Crippen LogP contribution in [0.4, 0.5) is 0 Å². The van der Waals surface area contributed by atoms with Crippen LogP contribution in [0.15, 0.2) is 24.5 Å². The van der Waals surface area contributed by atoms with Crippen molar-refractivity contribution < 1.29 is 24.1 Å². The molecule has 5 nitrogen and oxygen atoms in total. The normalized spacial score (nSPS) is 24.9. The first-order chi connectivity index (χ1) is 10.2. The van der Waals surface area contributed by atoms with Crippen molar-refractivity contribution in [2.24, 2.45) is 11.8 Å². The minimum Gasteiger partial charge on any atom is -0.458 e. The molecular formula is C16H24O5. The quantitative estimate of drug-likeness (QED) is 0.401. The monoisotopic (exact) mass is 296 g/mol. The molecular weight excluding hydrogens is 272 g/mol. The summed E-state index contributed by atoms with van der Waals surface area (Å²) < 4.78 is 16.3. The molecule has 0 saturated heterocycles. The summed E-state index contributed by atoms with van der Waals surface area (Å²) >= 11 is 0. The van der Waals surface area contributed by atoms with Gasteiger partial charge in [-0.1, -0.05) is 12.7 Å². The number of aliphatic hydroxyl groups is 1.